The quantitative estimate of drug-likeness (QED) is 0.668. The van der Waals surface area contributed by atoms with Gasteiger partial charge in [-0.05, 0) is 38.3 Å². The Bertz CT molecular complexity index is 1060. The van der Waals surface area contributed by atoms with E-state index in [9.17, 15) is 10.1 Å². The van der Waals surface area contributed by atoms with Crippen LogP contribution >= 0.6 is 34.4 Å². The first-order valence-corrected chi connectivity index (χ1v) is 12.2. The number of thiophene rings is 1. The van der Waals surface area contributed by atoms with E-state index in [0.717, 1.165) is 44.8 Å². The minimum Gasteiger partial charge on any atom is -0.384 e. The van der Waals surface area contributed by atoms with Gasteiger partial charge in [0.25, 0.3) is 0 Å². The molecule has 0 fully saturated rings. The first-order valence-electron chi connectivity index (χ1n) is 9.53. The van der Waals surface area contributed by atoms with Gasteiger partial charge in [-0.1, -0.05) is 30.0 Å². The second kappa shape index (κ2) is 8.30. The number of thioether (sulfide) groups is 1. The summed E-state index contributed by atoms with van der Waals surface area (Å²) in [6.07, 6.45) is 3.06. The maximum Gasteiger partial charge on any atom is 0.219 e. The van der Waals surface area contributed by atoms with Crippen molar-refractivity contribution in [3.05, 3.63) is 44.6 Å². The summed E-state index contributed by atoms with van der Waals surface area (Å²) in [5.74, 6) is 1.03. The number of anilines is 1. The van der Waals surface area contributed by atoms with Crippen molar-refractivity contribution in [1.82, 2.24) is 10.2 Å². The molecule has 0 bridgehead atoms. The smallest absolute Gasteiger partial charge is 0.219 e. The van der Waals surface area contributed by atoms with E-state index >= 15 is 0 Å². The number of aryl methyl sites for hydroxylation is 1. The Hall–Kier alpha value is -2.15. The lowest BCUT2D eigenvalue weighted by atomic mass is 9.78. The summed E-state index contributed by atoms with van der Waals surface area (Å²) in [6, 6.07) is 6.31. The zero-order chi connectivity index (χ0) is 20.5. The Labute approximate surface area is 182 Å². The highest BCUT2D eigenvalue weighted by atomic mass is 32.2. The van der Waals surface area contributed by atoms with Crippen LogP contribution in [0.5, 0.6) is 0 Å². The number of carbonyl (C=O) groups excluding carboxylic acids is 1. The minimum atomic E-state index is -0.389. The second-order valence-electron chi connectivity index (χ2n) is 6.96. The van der Waals surface area contributed by atoms with Crippen LogP contribution in [0.25, 0.3) is 0 Å². The molecule has 4 rings (SSSR count). The fourth-order valence-corrected chi connectivity index (χ4v) is 6.54. The molecule has 29 heavy (non-hydrogen) atoms. The van der Waals surface area contributed by atoms with Crippen LogP contribution in [0.15, 0.2) is 39.1 Å². The number of Topliss-reactive ketones (excluding diaryl/α,β-unsaturated/α-hetero) is 1. The van der Waals surface area contributed by atoms with Crippen LogP contribution in [-0.4, -0.2) is 21.7 Å². The van der Waals surface area contributed by atoms with Gasteiger partial charge in [0.1, 0.15) is 5.82 Å². The molecule has 0 spiro atoms. The predicted molar refractivity (Wildman–Crippen MR) is 118 cm³/mol. The molecule has 1 aliphatic carbocycles. The average Bonchev–Trinajstić information content (AvgIpc) is 3.34. The Morgan fingerprint density at radius 1 is 1.34 bits per heavy atom. The molecule has 3 heterocycles. The lowest BCUT2D eigenvalue weighted by molar-refractivity contribution is -0.116. The maximum atomic E-state index is 13.0. The van der Waals surface area contributed by atoms with E-state index in [0.29, 0.717) is 28.5 Å². The van der Waals surface area contributed by atoms with Gasteiger partial charge in [-0.25, -0.2) is 0 Å². The van der Waals surface area contributed by atoms with Crippen LogP contribution in [0.4, 0.5) is 5.13 Å². The summed E-state index contributed by atoms with van der Waals surface area (Å²) < 4.78 is 0.869. The van der Waals surface area contributed by atoms with E-state index in [1.54, 1.807) is 28.0 Å². The number of nitrogens with zero attached hydrogens (tertiary/aromatic N) is 4. The van der Waals surface area contributed by atoms with E-state index in [1.165, 1.54) is 11.3 Å². The Morgan fingerprint density at radius 2 is 2.17 bits per heavy atom. The second-order valence-corrected chi connectivity index (χ2v) is 10.6. The molecule has 0 saturated heterocycles. The molecule has 6 nitrogen and oxygen atoms in total. The van der Waals surface area contributed by atoms with Crippen molar-refractivity contribution in [2.24, 2.45) is 5.73 Å². The fourth-order valence-electron chi connectivity index (χ4n) is 3.74. The highest BCUT2D eigenvalue weighted by Gasteiger charge is 2.41. The van der Waals surface area contributed by atoms with Crippen LogP contribution in [0, 0.1) is 18.3 Å². The van der Waals surface area contributed by atoms with Crippen LogP contribution < -0.4 is 10.6 Å². The molecular formula is C20H21N5OS3. The lowest BCUT2D eigenvalue weighted by Gasteiger charge is -2.37. The van der Waals surface area contributed by atoms with E-state index in [1.807, 2.05) is 19.1 Å². The van der Waals surface area contributed by atoms with E-state index in [-0.39, 0.29) is 11.7 Å². The third kappa shape index (κ3) is 3.61. The zero-order valence-electron chi connectivity index (χ0n) is 16.3. The van der Waals surface area contributed by atoms with Gasteiger partial charge >= 0.3 is 0 Å². The number of carbonyl (C=O) groups is 1. The summed E-state index contributed by atoms with van der Waals surface area (Å²) in [4.78, 5) is 17.0. The van der Waals surface area contributed by atoms with Gasteiger partial charge in [0.15, 0.2) is 10.1 Å². The molecule has 0 aromatic carbocycles. The number of allylic oxidation sites excluding steroid dienone is 3. The molecule has 0 saturated carbocycles. The third-order valence-corrected chi connectivity index (χ3v) is 8.29. The van der Waals surface area contributed by atoms with Gasteiger partial charge in [0, 0.05) is 33.2 Å². The minimum absolute atomic E-state index is 0.0950. The highest BCUT2D eigenvalue weighted by molar-refractivity contribution is 8.01. The Morgan fingerprint density at radius 3 is 2.86 bits per heavy atom. The number of aromatic nitrogens is 2. The SMILES string of the molecule is CCCSc1nnc(N2C(N)=C(C#N)C(c3ccc(C)s3)C3=C2CCCC3=O)s1. The molecule has 9 heteroatoms. The van der Waals surface area contributed by atoms with Gasteiger partial charge in [-0.15, -0.1) is 21.5 Å². The topological polar surface area (TPSA) is 95.9 Å². The molecule has 0 amide bonds. The van der Waals surface area contributed by atoms with Crippen molar-refractivity contribution in [2.75, 3.05) is 10.7 Å². The number of nitrogens with two attached hydrogens (primary N) is 1. The molecule has 0 radical (unpaired) electrons. The fraction of sp³-hybridized carbons (Fsp3) is 0.400. The summed E-state index contributed by atoms with van der Waals surface area (Å²) in [6.45, 7) is 4.15. The molecule has 2 aliphatic rings. The molecule has 150 valence electrons. The van der Waals surface area contributed by atoms with Gasteiger partial charge in [0.05, 0.1) is 17.6 Å². The van der Waals surface area contributed by atoms with Crippen LogP contribution in [0.1, 0.15) is 48.3 Å². The van der Waals surface area contributed by atoms with E-state index in [2.05, 4.69) is 23.2 Å². The lowest BCUT2D eigenvalue weighted by Crippen LogP contribution is -2.38. The molecule has 2 N–H and O–H groups in total. The molecule has 1 unspecified atom stereocenters. The van der Waals surface area contributed by atoms with Crippen LogP contribution in [-0.2, 0) is 4.79 Å². The summed E-state index contributed by atoms with van der Waals surface area (Å²) in [7, 11) is 0. The summed E-state index contributed by atoms with van der Waals surface area (Å²) in [5, 5.41) is 19.2. The van der Waals surface area contributed by atoms with Crippen molar-refractivity contribution in [2.45, 2.75) is 49.8 Å². The number of hydrogen-bond donors (Lipinski definition) is 1. The number of rotatable bonds is 5. The van der Waals surface area contributed by atoms with Crippen molar-refractivity contribution in [3.63, 3.8) is 0 Å². The molecule has 2 aromatic rings. The molecule has 1 aliphatic heterocycles. The van der Waals surface area contributed by atoms with Crippen LogP contribution in [0.3, 0.4) is 0 Å². The Balaban J connectivity index is 1.85. The van der Waals surface area contributed by atoms with Crippen molar-refractivity contribution >= 4 is 45.4 Å². The van der Waals surface area contributed by atoms with Gasteiger partial charge in [-0.2, -0.15) is 5.26 Å². The first kappa shape index (κ1) is 20.1. The zero-order valence-corrected chi connectivity index (χ0v) is 18.7. The van der Waals surface area contributed by atoms with Crippen molar-refractivity contribution in [3.8, 4) is 6.07 Å². The number of ketones is 1. The molecule has 2 aromatic heterocycles. The predicted octanol–water partition coefficient (Wildman–Crippen LogP) is 4.71. The van der Waals surface area contributed by atoms with Gasteiger partial charge in [0.2, 0.25) is 5.13 Å². The first-order chi connectivity index (χ1) is 14.0. The van der Waals surface area contributed by atoms with E-state index in [4.69, 9.17) is 5.73 Å². The largest absolute Gasteiger partial charge is 0.384 e. The summed E-state index contributed by atoms with van der Waals surface area (Å²) >= 11 is 4.72. The highest BCUT2D eigenvalue weighted by Crippen LogP contribution is 2.48. The van der Waals surface area contributed by atoms with E-state index < -0.39 is 0 Å². The number of nitriles is 1. The van der Waals surface area contributed by atoms with Crippen molar-refractivity contribution < 1.29 is 4.79 Å². The normalized spacial score (nSPS) is 19.6. The maximum absolute atomic E-state index is 13.0. The summed E-state index contributed by atoms with van der Waals surface area (Å²) in [5.41, 5.74) is 8.52. The standard InChI is InChI=1S/C20H21N5OS3/c1-3-9-27-20-24-23-19(29-20)25-13-5-4-6-14(26)17(13)16(12(10-21)18(25)22)15-8-7-11(2)28-15/h7-8,16H,3-6,9,22H2,1-2H3. The average molecular weight is 444 g/mol. The molecule has 1 atom stereocenters. The van der Waals surface area contributed by atoms with Gasteiger partial charge in [-0.3, -0.25) is 9.69 Å². The third-order valence-electron chi connectivity index (χ3n) is 4.98. The van der Waals surface area contributed by atoms with Crippen LogP contribution in [0.2, 0.25) is 0 Å². The van der Waals surface area contributed by atoms with Gasteiger partial charge < -0.3 is 5.73 Å². The molecular weight excluding hydrogens is 422 g/mol. The number of hydrogen-bond acceptors (Lipinski definition) is 9. The van der Waals surface area contributed by atoms with Crippen molar-refractivity contribution in [1.29, 1.82) is 5.26 Å². The Kier molecular flexibility index (Phi) is 5.76. The monoisotopic (exact) mass is 443 g/mol.